The first kappa shape index (κ1) is 15.1. The Balaban J connectivity index is 1.62. The molecule has 3 rings (SSSR count). The van der Waals surface area contributed by atoms with E-state index >= 15 is 0 Å². The minimum Gasteiger partial charge on any atom is -0.393 e. The molecule has 4 nitrogen and oxygen atoms in total. The molecule has 2 N–H and O–H groups in total. The Bertz CT molecular complexity index is 600. The van der Waals surface area contributed by atoms with E-state index in [1.807, 2.05) is 7.05 Å². The summed E-state index contributed by atoms with van der Waals surface area (Å²) >= 11 is 0. The summed E-state index contributed by atoms with van der Waals surface area (Å²) in [5.41, 5.74) is 3.82. The number of anilines is 1. The number of aromatic nitrogens is 1. The molecule has 1 aliphatic rings. The lowest BCUT2D eigenvalue weighted by molar-refractivity contribution is 0.0793. The van der Waals surface area contributed by atoms with Gasteiger partial charge in [0.25, 0.3) is 0 Å². The van der Waals surface area contributed by atoms with Crippen LogP contribution in [0.25, 0.3) is 0 Å². The molecule has 118 valence electrons. The Morgan fingerprint density at radius 1 is 1.18 bits per heavy atom. The number of piperidine rings is 1. The van der Waals surface area contributed by atoms with Crippen LogP contribution >= 0.6 is 0 Å². The van der Waals surface area contributed by atoms with E-state index in [9.17, 15) is 5.11 Å². The molecule has 0 radical (unpaired) electrons. The second kappa shape index (κ2) is 6.99. The van der Waals surface area contributed by atoms with Gasteiger partial charge < -0.3 is 15.0 Å². The first-order chi connectivity index (χ1) is 10.7. The standard InChI is InChI=1S/C18H25N3O/c1-20-9-6-15(13-20)12-19-18-5-3-2-4-16(18)14-21-10-7-17(22)8-11-21/h2-6,9,13,17,19,22H,7-8,10-12,14H2,1H3. The van der Waals surface area contributed by atoms with E-state index in [4.69, 9.17) is 0 Å². The van der Waals surface area contributed by atoms with Crippen LogP contribution in [0.4, 0.5) is 5.69 Å². The van der Waals surface area contributed by atoms with Crippen molar-refractivity contribution in [3.8, 4) is 0 Å². The van der Waals surface area contributed by atoms with Gasteiger partial charge in [-0.2, -0.15) is 0 Å². The van der Waals surface area contributed by atoms with Gasteiger partial charge in [0.05, 0.1) is 6.10 Å². The number of benzene rings is 1. The van der Waals surface area contributed by atoms with Crippen LogP contribution in [-0.4, -0.2) is 33.8 Å². The van der Waals surface area contributed by atoms with Crippen molar-refractivity contribution in [3.05, 3.63) is 53.9 Å². The van der Waals surface area contributed by atoms with Gasteiger partial charge in [-0.25, -0.2) is 0 Å². The van der Waals surface area contributed by atoms with Gasteiger partial charge in [0.2, 0.25) is 0 Å². The number of likely N-dealkylation sites (tertiary alicyclic amines) is 1. The highest BCUT2D eigenvalue weighted by Crippen LogP contribution is 2.20. The molecule has 0 atom stereocenters. The Kier molecular flexibility index (Phi) is 4.80. The zero-order valence-electron chi connectivity index (χ0n) is 13.2. The molecule has 0 aliphatic carbocycles. The summed E-state index contributed by atoms with van der Waals surface area (Å²) in [4.78, 5) is 2.43. The SMILES string of the molecule is Cn1ccc(CNc2ccccc2CN2CCC(O)CC2)c1. The van der Waals surface area contributed by atoms with Crippen molar-refractivity contribution in [2.45, 2.75) is 32.0 Å². The summed E-state index contributed by atoms with van der Waals surface area (Å²) in [5, 5.41) is 13.2. The lowest BCUT2D eigenvalue weighted by atomic mass is 10.1. The van der Waals surface area contributed by atoms with Crippen molar-refractivity contribution in [2.24, 2.45) is 7.05 Å². The summed E-state index contributed by atoms with van der Waals surface area (Å²) in [6, 6.07) is 10.7. The summed E-state index contributed by atoms with van der Waals surface area (Å²) in [5.74, 6) is 0. The molecule has 2 aromatic rings. The molecule has 0 bridgehead atoms. The van der Waals surface area contributed by atoms with E-state index < -0.39 is 0 Å². The van der Waals surface area contributed by atoms with Gasteiger partial charge in [-0.15, -0.1) is 0 Å². The Labute approximate surface area is 132 Å². The van der Waals surface area contributed by atoms with E-state index in [0.29, 0.717) is 0 Å². The fraction of sp³-hybridized carbons (Fsp3) is 0.444. The van der Waals surface area contributed by atoms with Gasteiger partial charge in [0.15, 0.2) is 0 Å². The van der Waals surface area contributed by atoms with Crippen LogP contribution < -0.4 is 5.32 Å². The van der Waals surface area contributed by atoms with E-state index in [-0.39, 0.29) is 6.10 Å². The zero-order chi connectivity index (χ0) is 15.4. The molecular weight excluding hydrogens is 274 g/mol. The number of hydrogen-bond acceptors (Lipinski definition) is 3. The van der Waals surface area contributed by atoms with Gasteiger partial charge in [0.1, 0.15) is 0 Å². The number of aliphatic hydroxyl groups is 1. The summed E-state index contributed by atoms with van der Waals surface area (Å²) in [6.45, 7) is 3.75. The monoisotopic (exact) mass is 299 g/mol. The highest BCUT2D eigenvalue weighted by atomic mass is 16.3. The van der Waals surface area contributed by atoms with Crippen LogP contribution in [0.1, 0.15) is 24.0 Å². The van der Waals surface area contributed by atoms with E-state index in [2.05, 4.69) is 57.5 Å². The topological polar surface area (TPSA) is 40.4 Å². The number of rotatable bonds is 5. The normalized spacial score (nSPS) is 16.8. The highest BCUT2D eigenvalue weighted by Gasteiger charge is 2.17. The van der Waals surface area contributed by atoms with E-state index in [1.54, 1.807) is 0 Å². The minimum atomic E-state index is -0.109. The molecule has 1 aromatic heterocycles. The molecule has 1 aliphatic heterocycles. The van der Waals surface area contributed by atoms with E-state index in [1.165, 1.54) is 16.8 Å². The molecule has 2 heterocycles. The summed E-state index contributed by atoms with van der Waals surface area (Å²) in [6.07, 6.45) is 5.88. The molecule has 1 saturated heterocycles. The second-order valence-electron chi connectivity index (χ2n) is 6.20. The molecule has 1 fully saturated rings. The van der Waals surface area contributed by atoms with Crippen molar-refractivity contribution >= 4 is 5.69 Å². The van der Waals surface area contributed by atoms with Crippen LogP contribution in [0.15, 0.2) is 42.7 Å². The number of nitrogens with one attached hydrogen (secondary N) is 1. The number of aliphatic hydroxyl groups excluding tert-OH is 1. The van der Waals surface area contributed by atoms with Crippen molar-refractivity contribution < 1.29 is 5.11 Å². The average Bonchev–Trinajstić information content (AvgIpc) is 2.94. The maximum atomic E-state index is 9.62. The molecule has 22 heavy (non-hydrogen) atoms. The van der Waals surface area contributed by atoms with Crippen LogP contribution in [0, 0.1) is 0 Å². The third-order valence-corrected chi connectivity index (χ3v) is 4.34. The average molecular weight is 299 g/mol. The number of aryl methyl sites for hydroxylation is 1. The highest BCUT2D eigenvalue weighted by molar-refractivity contribution is 5.51. The predicted molar refractivity (Wildman–Crippen MR) is 89.7 cm³/mol. The van der Waals surface area contributed by atoms with Crippen molar-refractivity contribution in [2.75, 3.05) is 18.4 Å². The number of hydrogen-bond donors (Lipinski definition) is 2. The summed E-state index contributed by atoms with van der Waals surface area (Å²) in [7, 11) is 2.04. The van der Waals surface area contributed by atoms with Crippen molar-refractivity contribution in [1.29, 1.82) is 0 Å². The predicted octanol–water partition coefficient (Wildman–Crippen LogP) is 2.59. The van der Waals surface area contributed by atoms with E-state index in [0.717, 1.165) is 39.0 Å². The largest absolute Gasteiger partial charge is 0.393 e. The van der Waals surface area contributed by atoms with Gasteiger partial charge in [0, 0.05) is 51.3 Å². The number of para-hydroxylation sites is 1. The Hall–Kier alpha value is -1.78. The minimum absolute atomic E-state index is 0.109. The maximum Gasteiger partial charge on any atom is 0.0564 e. The maximum absolute atomic E-state index is 9.62. The molecule has 0 amide bonds. The Morgan fingerprint density at radius 3 is 2.68 bits per heavy atom. The van der Waals surface area contributed by atoms with Crippen LogP contribution in [0.5, 0.6) is 0 Å². The molecular formula is C18H25N3O. The lowest BCUT2D eigenvalue weighted by Crippen LogP contribution is -2.35. The quantitative estimate of drug-likeness (QED) is 0.891. The van der Waals surface area contributed by atoms with Crippen LogP contribution in [0.3, 0.4) is 0 Å². The second-order valence-corrected chi connectivity index (χ2v) is 6.20. The van der Waals surface area contributed by atoms with Gasteiger partial charge in [-0.05, 0) is 36.1 Å². The van der Waals surface area contributed by atoms with Gasteiger partial charge >= 0.3 is 0 Å². The first-order valence-electron chi connectivity index (χ1n) is 8.04. The lowest BCUT2D eigenvalue weighted by Gasteiger charge is -2.30. The smallest absolute Gasteiger partial charge is 0.0564 e. The first-order valence-corrected chi connectivity index (χ1v) is 8.04. The summed E-state index contributed by atoms with van der Waals surface area (Å²) < 4.78 is 2.07. The fourth-order valence-electron chi connectivity index (χ4n) is 3.01. The molecule has 0 saturated carbocycles. The molecule has 4 heteroatoms. The van der Waals surface area contributed by atoms with Crippen molar-refractivity contribution in [3.63, 3.8) is 0 Å². The number of nitrogens with zero attached hydrogens (tertiary/aromatic N) is 2. The van der Waals surface area contributed by atoms with Crippen LogP contribution in [0.2, 0.25) is 0 Å². The van der Waals surface area contributed by atoms with Crippen LogP contribution in [-0.2, 0) is 20.1 Å². The third-order valence-electron chi connectivity index (χ3n) is 4.34. The fourth-order valence-corrected chi connectivity index (χ4v) is 3.01. The van der Waals surface area contributed by atoms with Crippen molar-refractivity contribution in [1.82, 2.24) is 9.47 Å². The van der Waals surface area contributed by atoms with Gasteiger partial charge in [-0.1, -0.05) is 18.2 Å². The van der Waals surface area contributed by atoms with Gasteiger partial charge in [-0.3, -0.25) is 4.90 Å². The molecule has 0 spiro atoms. The zero-order valence-corrected chi connectivity index (χ0v) is 13.2. The third kappa shape index (κ3) is 3.90. The Morgan fingerprint density at radius 2 is 1.95 bits per heavy atom. The molecule has 1 aromatic carbocycles. The molecule has 0 unspecified atom stereocenters.